The zero-order valence-electron chi connectivity index (χ0n) is 56.3. The van der Waals surface area contributed by atoms with Crippen molar-refractivity contribution in [2.45, 2.75) is 236 Å². The topological polar surface area (TPSA) is 279 Å². The molecule has 12 atom stereocenters. The predicted octanol–water partition coefficient (Wildman–Crippen LogP) is 3.49. The van der Waals surface area contributed by atoms with Gasteiger partial charge in [-0.3, -0.25) is 52.7 Å². The minimum atomic E-state index is -1.58. The summed E-state index contributed by atoms with van der Waals surface area (Å²) in [7, 11) is 9.97. The molecule has 0 aromatic carbocycles. The van der Waals surface area contributed by atoms with Gasteiger partial charge in [0.25, 0.3) is 0 Å². The molecule has 0 bridgehead atoms. The fourth-order valence-corrected chi connectivity index (χ4v) is 10.9. The van der Waals surface area contributed by atoms with Crippen molar-refractivity contribution >= 4 is 65.0 Å². The van der Waals surface area contributed by atoms with Crippen LogP contribution in [0.5, 0.6) is 0 Å². The van der Waals surface area contributed by atoms with Gasteiger partial charge in [0.1, 0.15) is 60.4 Å². The van der Waals surface area contributed by atoms with E-state index in [1.165, 1.54) is 87.7 Å². The second-order valence-corrected chi connectivity index (χ2v) is 26.4. The Labute approximate surface area is 509 Å². The number of hydrogen-bond donors (Lipinski definition) is 5. The normalized spacial score (nSPS) is 26.8. The minimum Gasteiger partial charge on any atom is -0.390 e. The molecule has 5 N–H and O–H groups in total. The maximum absolute atomic E-state index is 15.1. The summed E-state index contributed by atoms with van der Waals surface area (Å²) in [6, 6.07) is -12.2. The molecule has 488 valence electrons. The molecular formula is C62H113N11O12. The maximum Gasteiger partial charge on any atom is 0.246 e. The van der Waals surface area contributed by atoms with Crippen LogP contribution in [0.25, 0.3) is 0 Å². The number of nitrogens with zero attached hydrogens (tertiary/aromatic N) is 7. The van der Waals surface area contributed by atoms with Crippen LogP contribution in [0.3, 0.4) is 0 Å². The average Bonchev–Trinajstić information content (AvgIpc) is 3.62. The monoisotopic (exact) mass is 1200 g/mol. The first-order valence-corrected chi connectivity index (χ1v) is 31.0. The molecule has 1 aliphatic rings. The van der Waals surface area contributed by atoms with Gasteiger partial charge in [-0.15, -0.1) is 0 Å². The molecule has 0 aromatic rings. The van der Waals surface area contributed by atoms with Gasteiger partial charge in [0.2, 0.25) is 65.0 Å². The lowest BCUT2D eigenvalue weighted by Crippen LogP contribution is -2.63. The highest BCUT2D eigenvalue weighted by atomic mass is 16.3. The van der Waals surface area contributed by atoms with Crippen LogP contribution in [0, 0.1) is 41.4 Å². The van der Waals surface area contributed by atoms with Crippen LogP contribution in [0.2, 0.25) is 0 Å². The Bertz CT molecular complexity index is 2280. The molecule has 1 saturated heterocycles. The van der Waals surface area contributed by atoms with Gasteiger partial charge in [-0.05, 0) is 93.8 Å². The molecule has 85 heavy (non-hydrogen) atoms. The van der Waals surface area contributed by atoms with E-state index in [1.807, 2.05) is 62.3 Å². The number of unbranched alkanes of at least 4 members (excludes halogenated alkanes) is 1. The highest BCUT2D eigenvalue weighted by Gasteiger charge is 2.46. The third-order valence-electron chi connectivity index (χ3n) is 16.3. The predicted molar refractivity (Wildman–Crippen MR) is 329 cm³/mol. The van der Waals surface area contributed by atoms with Crippen molar-refractivity contribution in [3.63, 3.8) is 0 Å². The van der Waals surface area contributed by atoms with Crippen molar-refractivity contribution in [2.24, 2.45) is 41.4 Å². The third kappa shape index (κ3) is 21.8. The molecule has 1 rings (SSSR count). The highest BCUT2D eigenvalue weighted by molar-refractivity contribution is 5.99. The highest BCUT2D eigenvalue weighted by Crippen LogP contribution is 2.26. The van der Waals surface area contributed by atoms with Crippen LogP contribution >= 0.6 is 0 Å². The lowest BCUT2D eigenvalue weighted by atomic mass is 9.90. The second-order valence-electron chi connectivity index (χ2n) is 26.4. The lowest BCUT2D eigenvalue weighted by Gasteiger charge is -2.41. The van der Waals surface area contributed by atoms with Crippen LogP contribution in [-0.2, 0) is 52.7 Å². The number of amides is 11. The van der Waals surface area contributed by atoms with Crippen molar-refractivity contribution in [1.29, 1.82) is 0 Å². The molecule has 0 unspecified atom stereocenters. The minimum absolute atomic E-state index is 0.0340. The standard InChI is InChI=1S/C62H113N11O12/c1-25-27-28-40(15)52(75)51-56(79)65-43(26-2)58(81)67(18)33-48(74)68(19)44(29-34(3)4)55(78)66-49(38(11)12)61(84)69(20)45(30-35(5)6)54(77)63-41(16)53(76)64-42(17)57(80)70(21)46(31-36(7)8)59(82)71(22)47(32-37(9)10)60(83)72(23)50(39(13)14)62(85)73(51)24/h34-47,49-52,75H,25-33H2,1-24H3,(H,63,77)(H,64,76)(H,65,79)(H,66,78)/t40-,41+,42-,43+,44+,45+,46+,47+,49+,50+,51+,52-/m1/s1. The smallest absolute Gasteiger partial charge is 0.246 e. The number of rotatable bonds is 16. The molecule has 0 aliphatic carbocycles. The molecule has 23 heteroatoms. The largest absolute Gasteiger partial charge is 0.390 e. The summed E-state index contributed by atoms with van der Waals surface area (Å²) in [5.41, 5.74) is 0. The van der Waals surface area contributed by atoms with Gasteiger partial charge in [0.05, 0.1) is 12.6 Å². The zero-order chi connectivity index (χ0) is 66.0. The molecule has 0 aromatic heterocycles. The summed E-state index contributed by atoms with van der Waals surface area (Å²) in [6.45, 7) is 29.6. The van der Waals surface area contributed by atoms with Gasteiger partial charge in [0.15, 0.2) is 0 Å². The summed E-state index contributed by atoms with van der Waals surface area (Å²) in [4.78, 5) is 169. The van der Waals surface area contributed by atoms with Crippen LogP contribution < -0.4 is 21.3 Å². The number of carbonyl (C=O) groups is 11. The van der Waals surface area contributed by atoms with Crippen molar-refractivity contribution in [1.82, 2.24) is 55.6 Å². The van der Waals surface area contributed by atoms with Crippen LogP contribution in [0.1, 0.15) is 169 Å². The van der Waals surface area contributed by atoms with E-state index >= 15 is 9.59 Å². The van der Waals surface area contributed by atoms with Gasteiger partial charge in [0, 0.05) is 49.3 Å². The molecule has 1 heterocycles. The molecule has 0 spiro atoms. The lowest BCUT2D eigenvalue weighted by molar-refractivity contribution is -0.157. The Morgan fingerprint density at radius 1 is 0.435 bits per heavy atom. The van der Waals surface area contributed by atoms with Crippen LogP contribution in [0.15, 0.2) is 0 Å². The van der Waals surface area contributed by atoms with Crippen molar-refractivity contribution in [2.75, 3.05) is 55.9 Å². The molecule has 0 radical (unpaired) electrons. The fraction of sp³-hybridized carbons (Fsp3) is 0.823. The van der Waals surface area contributed by atoms with E-state index in [9.17, 15) is 48.3 Å². The Morgan fingerprint density at radius 3 is 1.29 bits per heavy atom. The van der Waals surface area contributed by atoms with E-state index in [4.69, 9.17) is 0 Å². The molecule has 11 amide bonds. The molecule has 23 nitrogen and oxygen atoms in total. The van der Waals surface area contributed by atoms with Crippen molar-refractivity contribution in [3.8, 4) is 0 Å². The second kappa shape index (κ2) is 35.1. The first-order chi connectivity index (χ1) is 39.2. The number of aliphatic hydroxyl groups excluding tert-OH is 1. The van der Waals surface area contributed by atoms with Gasteiger partial charge in [-0.2, -0.15) is 0 Å². The van der Waals surface area contributed by atoms with Gasteiger partial charge >= 0.3 is 0 Å². The first-order valence-electron chi connectivity index (χ1n) is 31.0. The SMILES string of the molecule is CCCC[C@@H](C)[C@@H](O)[C@H]1C(=O)N[C@@H](CC)C(=O)N(C)CC(=O)N(C)[C@@H](CC(C)C)C(=O)N[C@@H](C(C)C)C(=O)N(C)[C@@H](CC(C)C)C(=O)N[C@@H](C)C(=O)N[C@H](C)C(=O)N(C)[C@@H](CC(C)C)C(=O)N(C)[C@@H](CC(C)C)C(=O)N(C)[C@@H](C(C)C)C(=O)N1C. The van der Waals surface area contributed by atoms with Gasteiger partial charge in [-0.1, -0.05) is 117 Å². The molecule has 0 saturated carbocycles. The van der Waals surface area contributed by atoms with E-state index in [-0.39, 0.29) is 55.8 Å². The number of hydrogen-bond acceptors (Lipinski definition) is 12. The third-order valence-corrected chi connectivity index (χ3v) is 16.3. The number of nitrogens with one attached hydrogen (secondary N) is 4. The zero-order valence-corrected chi connectivity index (χ0v) is 56.3. The summed E-state index contributed by atoms with van der Waals surface area (Å²) in [5, 5.41) is 23.1. The molecule has 1 aliphatic heterocycles. The fourth-order valence-electron chi connectivity index (χ4n) is 10.9. The average molecular weight is 1200 g/mol. The Hall–Kier alpha value is -5.87. The van der Waals surface area contributed by atoms with Crippen molar-refractivity contribution in [3.05, 3.63) is 0 Å². The number of likely N-dealkylation sites (N-methyl/N-ethyl adjacent to an activating group) is 7. The Kier molecular flexibility index (Phi) is 31.8. The maximum atomic E-state index is 15.1. The quantitative estimate of drug-likeness (QED) is 0.149. The molecule has 1 fully saturated rings. The van der Waals surface area contributed by atoms with Crippen LogP contribution in [-0.4, -0.2) is 227 Å². The molecular weight excluding hydrogens is 1090 g/mol. The summed E-state index contributed by atoms with van der Waals surface area (Å²) < 4.78 is 0. The van der Waals surface area contributed by atoms with E-state index in [0.717, 1.165) is 16.2 Å². The summed E-state index contributed by atoms with van der Waals surface area (Å²) in [6.07, 6.45) is 1.20. The van der Waals surface area contributed by atoms with Gasteiger partial charge in [-0.25, -0.2) is 0 Å². The number of carbonyl (C=O) groups excluding carboxylic acids is 11. The van der Waals surface area contributed by atoms with E-state index < -0.39 is 156 Å². The van der Waals surface area contributed by atoms with E-state index in [0.29, 0.717) is 12.8 Å². The van der Waals surface area contributed by atoms with E-state index in [2.05, 4.69) is 21.3 Å². The van der Waals surface area contributed by atoms with Crippen molar-refractivity contribution < 1.29 is 57.8 Å². The Morgan fingerprint density at radius 2 is 0.847 bits per heavy atom. The summed E-state index contributed by atoms with van der Waals surface area (Å²) in [5.74, 6) is -9.50. The number of aliphatic hydroxyl groups is 1. The van der Waals surface area contributed by atoms with Crippen LogP contribution in [0.4, 0.5) is 0 Å². The van der Waals surface area contributed by atoms with E-state index in [1.54, 1.807) is 41.5 Å². The summed E-state index contributed by atoms with van der Waals surface area (Å²) >= 11 is 0. The van der Waals surface area contributed by atoms with Gasteiger partial charge < -0.3 is 60.7 Å². The first kappa shape index (κ1) is 77.1. The Balaban J connectivity index is 4.31.